The Balaban J connectivity index is 1.90. The summed E-state index contributed by atoms with van der Waals surface area (Å²) in [5, 5.41) is 18.5. The molecule has 2 heterocycles. The van der Waals surface area contributed by atoms with Gasteiger partial charge in [0, 0.05) is 22.8 Å². The molecule has 0 radical (unpaired) electrons. The van der Waals surface area contributed by atoms with Crippen LogP contribution in [0.15, 0.2) is 64.0 Å². The van der Waals surface area contributed by atoms with Gasteiger partial charge in [0.2, 0.25) is 0 Å². The van der Waals surface area contributed by atoms with Gasteiger partial charge in [-0.25, -0.2) is 8.78 Å². The van der Waals surface area contributed by atoms with Crippen LogP contribution in [-0.4, -0.2) is 22.8 Å². The third-order valence-electron chi connectivity index (χ3n) is 5.87. The molecule has 4 rings (SSSR count). The summed E-state index contributed by atoms with van der Waals surface area (Å²) in [5.41, 5.74) is -3.61. The van der Waals surface area contributed by atoms with E-state index in [9.17, 15) is 41.9 Å². The van der Waals surface area contributed by atoms with Gasteiger partial charge in [0.05, 0.1) is 37.6 Å². The number of furan rings is 1. The van der Waals surface area contributed by atoms with Gasteiger partial charge in [-0.15, -0.1) is 0 Å². The average molecular weight is 544 g/mol. The molecule has 0 aliphatic heterocycles. The highest BCUT2D eigenvalue weighted by Gasteiger charge is 2.37. The number of carboxylic acids is 1. The van der Waals surface area contributed by atoms with Gasteiger partial charge in [0.25, 0.3) is 5.56 Å². The summed E-state index contributed by atoms with van der Waals surface area (Å²) in [6.45, 7) is -0.631. The molecule has 2 aromatic heterocycles. The first-order chi connectivity index (χ1) is 18.4. The second kappa shape index (κ2) is 10.4. The number of aliphatic carboxylic acids is 1. The van der Waals surface area contributed by atoms with Crippen LogP contribution in [0.2, 0.25) is 0 Å². The lowest BCUT2D eigenvalue weighted by Gasteiger charge is -2.16. The molecule has 4 aromatic rings. The quantitative estimate of drug-likeness (QED) is 0.303. The van der Waals surface area contributed by atoms with Crippen LogP contribution >= 0.6 is 0 Å². The van der Waals surface area contributed by atoms with Crippen LogP contribution in [0.5, 0.6) is 5.75 Å². The number of nitrogens with zero attached hydrogens (tertiary/aromatic N) is 2. The van der Waals surface area contributed by atoms with E-state index in [0.29, 0.717) is 34.6 Å². The van der Waals surface area contributed by atoms with E-state index in [0.717, 1.165) is 16.7 Å². The van der Waals surface area contributed by atoms with Crippen molar-refractivity contribution in [1.82, 2.24) is 4.57 Å². The number of ether oxygens (including phenoxy) is 1. The number of hydrogen-bond donors (Lipinski definition) is 1. The van der Waals surface area contributed by atoms with E-state index in [1.54, 1.807) is 6.07 Å². The van der Waals surface area contributed by atoms with E-state index in [4.69, 9.17) is 9.15 Å². The molecular formula is C27H17F5N2O5. The summed E-state index contributed by atoms with van der Waals surface area (Å²) in [6, 6.07) is 10.2. The number of carbonyl (C=O) groups is 1. The molecule has 0 atom stereocenters. The molecule has 0 bridgehead atoms. The fourth-order valence-electron chi connectivity index (χ4n) is 4.04. The maximum atomic E-state index is 14.4. The number of nitriles is 1. The Hall–Kier alpha value is -4.92. The molecule has 0 aliphatic carbocycles. The number of pyridine rings is 1. The predicted molar refractivity (Wildman–Crippen MR) is 127 cm³/mol. The maximum absolute atomic E-state index is 14.4. The van der Waals surface area contributed by atoms with Gasteiger partial charge in [-0.1, -0.05) is 12.1 Å². The van der Waals surface area contributed by atoms with Crippen LogP contribution in [-0.2, 0) is 23.9 Å². The van der Waals surface area contributed by atoms with Gasteiger partial charge in [-0.05, 0) is 35.9 Å². The SMILES string of the molecule is COc1ccc(-c2coc(-c3cc(C(F)(F)F)c(C#N)c(=O)n3Cc3ccc(F)cc3F)c2)cc1CC(=O)O. The summed E-state index contributed by atoms with van der Waals surface area (Å²) in [5.74, 6) is -2.98. The molecule has 200 valence electrons. The largest absolute Gasteiger partial charge is 0.496 e. The van der Waals surface area contributed by atoms with Crippen molar-refractivity contribution < 1.29 is 41.0 Å². The summed E-state index contributed by atoms with van der Waals surface area (Å²) in [7, 11) is 1.36. The van der Waals surface area contributed by atoms with Crippen LogP contribution in [0.4, 0.5) is 22.0 Å². The van der Waals surface area contributed by atoms with Gasteiger partial charge in [-0.3, -0.25) is 14.2 Å². The minimum absolute atomic E-state index is 0.219. The molecule has 0 saturated carbocycles. The minimum Gasteiger partial charge on any atom is -0.496 e. The van der Waals surface area contributed by atoms with Crippen molar-refractivity contribution in [3.05, 3.63) is 99.0 Å². The Kier molecular flexibility index (Phi) is 7.27. The third kappa shape index (κ3) is 5.52. The molecule has 0 fully saturated rings. The van der Waals surface area contributed by atoms with Crippen LogP contribution < -0.4 is 10.3 Å². The second-order valence-electron chi connectivity index (χ2n) is 8.35. The number of halogens is 5. The zero-order valence-electron chi connectivity index (χ0n) is 20.0. The van der Waals surface area contributed by atoms with Gasteiger partial charge >= 0.3 is 12.1 Å². The number of alkyl halides is 3. The van der Waals surface area contributed by atoms with Crippen molar-refractivity contribution in [1.29, 1.82) is 5.26 Å². The van der Waals surface area contributed by atoms with Gasteiger partial charge in [0.1, 0.15) is 29.0 Å². The fourth-order valence-corrected chi connectivity index (χ4v) is 4.04. The van der Waals surface area contributed by atoms with Gasteiger partial charge < -0.3 is 14.3 Å². The first-order valence-electron chi connectivity index (χ1n) is 11.1. The van der Waals surface area contributed by atoms with Crippen LogP contribution in [0, 0.1) is 23.0 Å². The van der Waals surface area contributed by atoms with E-state index >= 15 is 0 Å². The second-order valence-corrected chi connectivity index (χ2v) is 8.35. The average Bonchev–Trinajstić information content (AvgIpc) is 3.35. The zero-order valence-corrected chi connectivity index (χ0v) is 20.0. The lowest BCUT2D eigenvalue weighted by Crippen LogP contribution is -2.29. The lowest BCUT2D eigenvalue weighted by atomic mass is 10.0. The fraction of sp³-hybridized carbons (Fsp3) is 0.148. The predicted octanol–water partition coefficient (Wildman–Crippen LogP) is 5.63. The van der Waals surface area contributed by atoms with Gasteiger partial charge in [-0.2, -0.15) is 18.4 Å². The first-order valence-corrected chi connectivity index (χ1v) is 11.1. The van der Waals surface area contributed by atoms with Crippen LogP contribution in [0.1, 0.15) is 22.3 Å². The van der Waals surface area contributed by atoms with Crippen molar-refractivity contribution in [3.8, 4) is 34.4 Å². The maximum Gasteiger partial charge on any atom is 0.417 e. The van der Waals surface area contributed by atoms with Gasteiger partial charge in [0.15, 0.2) is 5.76 Å². The molecule has 1 N–H and O–H groups in total. The van der Waals surface area contributed by atoms with E-state index < -0.39 is 52.7 Å². The van der Waals surface area contributed by atoms with Crippen molar-refractivity contribution >= 4 is 5.97 Å². The molecule has 0 saturated heterocycles. The first kappa shape index (κ1) is 27.1. The Morgan fingerprint density at radius 3 is 2.44 bits per heavy atom. The molecule has 39 heavy (non-hydrogen) atoms. The molecular weight excluding hydrogens is 527 g/mol. The molecule has 7 nitrogen and oxygen atoms in total. The van der Waals surface area contributed by atoms with Crippen LogP contribution in [0.3, 0.4) is 0 Å². The molecule has 0 unspecified atom stereocenters. The zero-order chi connectivity index (χ0) is 28.5. The number of carboxylic acid groups (broad SMARTS) is 1. The number of aromatic nitrogens is 1. The molecule has 0 amide bonds. The van der Waals surface area contributed by atoms with Crippen molar-refractivity contribution in [3.63, 3.8) is 0 Å². The molecule has 0 aliphatic rings. The highest BCUT2D eigenvalue weighted by atomic mass is 19.4. The molecule has 2 aromatic carbocycles. The standard InChI is InChI=1S/C27H17F5N2O5/c1-38-23-5-3-14(6-16(23)8-25(35)36)17-7-24(39-13-17)22-10-20(27(30,31)32)19(11-33)26(37)34(22)12-15-2-4-18(28)9-21(15)29/h2-7,9-10,13H,8,12H2,1H3,(H,35,36). The summed E-state index contributed by atoms with van der Waals surface area (Å²) in [4.78, 5) is 24.3. The third-order valence-corrected chi connectivity index (χ3v) is 5.87. The summed E-state index contributed by atoms with van der Waals surface area (Å²) >= 11 is 0. The number of methoxy groups -OCH3 is 1. The van der Waals surface area contributed by atoms with Crippen LogP contribution in [0.25, 0.3) is 22.6 Å². The highest BCUT2D eigenvalue weighted by Crippen LogP contribution is 2.36. The number of rotatable bonds is 7. The smallest absolute Gasteiger partial charge is 0.417 e. The Morgan fingerprint density at radius 2 is 1.82 bits per heavy atom. The van der Waals surface area contributed by atoms with E-state index in [1.165, 1.54) is 37.6 Å². The topological polar surface area (TPSA) is 105 Å². The Labute approximate surface area is 216 Å². The van der Waals surface area contributed by atoms with E-state index in [1.807, 2.05) is 0 Å². The number of benzene rings is 2. The normalized spacial score (nSPS) is 11.3. The summed E-state index contributed by atoms with van der Waals surface area (Å²) in [6.07, 6.45) is -4.26. The Morgan fingerprint density at radius 1 is 1.08 bits per heavy atom. The monoisotopic (exact) mass is 544 g/mol. The molecule has 12 heteroatoms. The minimum atomic E-state index is -5.07. The lowest BCUT2D eigenvalue weighted by molar-refractivity contribution is -0.138. The van der Waals surface area contributed by atoms with Crippen molar-refractivity contribution in [2.24, 2.45) is 0 Å². The summed E-state index contributed by atoms with van der Waals surface area (Å²) < 4.78 is 80.5. The number of hydrogen-bond acceptors (Lipinski definition) is 5. The van der Waals surface area contributed by atoms with Crippen molar-refractivity contribution in [2.45, 2.75) is 19.1 Å². The Bertz CT molecular complexity index is 1680. The van der Waals surface area contributed by atoms with Crippen molar-refractivity contribution in [2.75, 3.05) is 7.11 Å². The van der Waals surface area contributed by atoms with E-state index in [-0.39, 0.29) is 17.7 Å². The highest BCUT2D eigenvalue weighted by molar-refractivity contribution is 5.75. The molecule has 0 spiro atoms. The van der Waals surface area contributed by atoms with E-state index in [2.05, 4.69) is 0 Å².